The van der Waals surface area contributed by atoms with Crippen LogP contribution in [0.1, 0.15) is 35.2 Å². The number of hydrogen-bond acceptors (Lipinski definition) is 4. The summed E-state index contributed by atoms with van der Waals surface area (Å²) in [6.07, 6.45) is 0. The molecule has 0 bridgehead atoms. The lowest BCUT2D eigenvalue weighted by molar-refractivity contribution is -0.120. The van der Waals surface area contributed by atoms with E-state index in [1.54, 1.807) is 43.5 Å². The lowest BCUT2D eigenvalue weighted by Gasteiger charge is -2.27. The second-order valence-corrected chi connectivity index (χ2v) is 9.97. The van der Waals surface area contributed by atoms with E-state index in [9.17, 15) is 13.2 Å². The Labute approximate surface area is 196 Å². The summed E-state index contributed by atoms with van der Waals surface area (Å²) in [6.45, 7) is 7.20. The van der Waals surface area contributed by atoms with Gasteiger partial charge in [-0.3, -0.25) is 9.10 Å². The largest absolute Gasteiger partial charge is 0.497 e. The van der Waals surface area contributed by atoms with Gasteiger partial charge in [0.15, 0.2) is 0 Å². The number of methoxy groups -OCH3 is 1. The third-order valence-corrected chi connectivity index (χ3v) is 7.51. The maximum Gasteiger partial charge on any atom is 0.264 e. The molecule has 6 nitrogen and oxygen atoms in total. The highest BCUT2D eigenvalue weighted by Crippen LogP contribution is 2.29. The zero-order valence-electron chi connectivity index (χ0n) is 19.6. The molecule has 0 saturated carbocycles. The number of nitrogens with one attached hydrogen (secondary N) is 1. The minimum atomic E-state index is -3.96. The van der Waals surface area contributed by atoms with E-state index in [4.69, 9.17) is 4.74 Å². The monoisotopic (exact) mass is 466 g/mol. The van der Waals surface area contributed by atoms with E-state index >= 15 is 0 Å². The molecule has 1 atom stereocenters. The van der Waals surface area contributed by atoms with Crippen LogP contribution in [0.3, 0.4) is 0 Å². The Hall–Kier alpha value is -3.32. The van der Waals surface area contributed by atoms with Gasteiger partial charge in [0.25, 0.3) is 10.0 Å². The van der Waals surface area contributed by atoms with Gasteiger partial charge < -0.3 is 10.1 Å². The molecule has 0 fully saturated rings. The van der Waals surface area contributed by atoms with Crippen LogP contribution in [0.2, 0.25) is 0 Å². The number of benzene rings is 3. The number of hydrogen-bond donors (Lipinski definition) is 1. The van der Waals surface area contributed by atoms with Crippen LogP contribution in [0.15, 0.2) is 71.6 Å². The average molecular weight is 467 g/mol. The molecule has 1 unspecified atom stereocenters. The van der Waals surface area contributed by atoms with E-state index < -0.39 is 15.9 Å². The first kappa shape index (κ1) is 24.3. The molecule has 0 aliphatic heterocycles. The molecule has 7 heteroatoms. The predicted octanol–water partition coefficient (Wildman–Crippen LogP) is 4.69. The summed E-state index contributed by atoms with van der Waals surface area (Å²) in [4.78, 5) is 13.2. The number of amides is 1. The molecule has 0 heterocycles. The first-order valence-corrected chi connectivity index (χ1v) is 12.2. The van der Waals surface area contributed by atoms with Crippen LogP contribution in [0, 0.1) is 20.8 Å². The summed E-state index contributed by atoms with van der Waals surface area (Å²) in [6, 6.07) is 19.2. The van der Waals surface area contributed by atoms with Crippen molar-refractivity contribution in [3.05, 3.63) is 89.0 Å². The summed E-state index contributed by atoms with van der Waals surface area (Å²) in [7, 11) is -2.36. The van der Waals surface area contributed by atoms with Crippen molar-refractivity contribution in [1.29, 1.82) is 0 Å². The third-order valence-electron chi connectivity index (χ3n) is 5.73. The first-order valence-electron chi connectivity index (χ1n) is 10.7. The molecule has 3 rings (SSSR count). The van der Waals surface area contributed by atoms with Crippen molar-refractivity contribution in [3.8, 4) is 5.75 Å². The highest BCUT2D eigenvalue weighted by Gasteiger charge is 2.29. The predicted molar refractivity (Wildman–Crippen MR) is 131 cm³/mol. The summed E-state index contributed by atoms with van der Waals surface area (Å²) in [5.74, 6) is 0.331. The molecule has 0 aromatic heterocycles. The van der Waals surface area contributed by atoms with Crippen LogP contribution in [-0.2, 0) is 14.8 Å². The zero-order valence-corrected chi connectivity index (χ0v) is 20.4. The molecule has 1 amide bonds. The summed E-state index contributed by atoms with van der Waals surface area (Å²) in [5.41, 5.74) is 4.10. The van der Waals surface area contributed by atoms with Crippen LogP contribution in [0.25, 0.3) is 0 Å². The Balaban J connectivity index is 1.91. The van der Waals surface area contributed by atoms with Crippen LogP contribution >= 0.6 is 0 Å². The van der Waals surface area contributed by atoms with E-state index in [1.807, 2.05) is 58.0 Å². The molecule has 0 aliphatic carbocycles. The van der Waals surface area contributed by atoms with Gasteiger partial charge in [-0.05, 0) is 74.7 Å². The lowest BCUT2D eigenvalue weighted by atomic mass is 10.1. The quantitative estimate of drug-likeness (QED) is 0.522. The SMILES string of the molecule is COc1ccc(C(C)NC(=O)CN(c2cccc(C)c2C)S(=O)(=O)c2ccc(C)cc2)cc1. The van der Waals surface area contributed by atoms with Crippen LogP contribution in [-0.4, -0.2) is 28.0 Å². The van der Waals surface area contributed by atoms with E-state index in [-0.39, 0.29) is 17.5 Å². The lowest BCUT2D eigenvalue weighted by Crippen LogP contribution is -2.42. The Morgan fingerprint density at radius 1 is 0.970 bits per heavy atom. The van der Waals surface area contributed by atoms with Gasteiger partial charge in [0.2, 0.25) is 5.91 Å². The Kier molecular flexibility index (Phi) is 7.43. The summed E-state index contributed by atoms with van der Waals surface area (Å²) in [5, 5.41) is 2.91. The zero-order chi connectivity index (χ0) is 24.2. The molecule has 3 aromatic carbocycles. The minimum absolute atomic E-state index is 0.144. The van der Waals surface area contributed by atoms with Gasteiger partial charge in [-0.25, -0.2) is 8.42 Å². The standard InChI is InChI=1S/C26H30N2O4S/c1-18-9-15-24(16-10-18)33(30,31)28(25-8-6-7-19(2)20(25)3)17-26(29)27-21(4)22-11-13-23(32-5)14-12-22/h6-16,21H,17H2,1-5H3,(H,27,29). The summed E-state index contributed by atoms with van der Waals surface area (Å²) < 4.78 is 33.6. The maximum atomic E-state index is 13.6. The first-order chi connectivity index (χ1) is 15.6. The van der Waals surface area contributed by atoms with Gasteiger partial charge in [0.05, 0.1) is 23.7 Å². The number of anilines is 1. The molecule has 33 heavy (non-hydrogen) atoms. The van der Waals surface area contributed by atoms with Gasteiger partial charge in [-0.15, -0.1) is 0 Å². The number of carbonyl (C=O) groups is 1. The number of rotatable bonds is 8. The molecular formula is C26H30N2O4S. The fourth-order valence-electron chi connectivity index (χ4n) is 3.54. The van der Waals surface area contributed by atoms with Gasteiger partial charge >= 0.3 is 0 Å². The molecule has 0 radical (unpaired) electrons. The second-order valence-electron chi connectivity index (χ2n) is 8.11. The molecular weight excluding hydrogens is 436 g/mol. The van der Waals surface area contributed by atoms with Crippen molar-refractivity contribution < 1.29 is 17.9 Å². The van der Waals surface area contributed by atoms with E-state index in [1.165, 1.54) is 4.31 Å². The Bertz CT molecular complexity index is 1220. The second kappa shape index (κ2) is 10.1. The minimum Gasteiger partial charge on any atom is -0.497 e. The van der Waals surface area contributed by atoms with Crippen molar-refractivity contribution >= 4 is 21.6 Å². The fraction of sp³-hybridized carbons (Fsp3) is 0.269. The van der Waals surface area contributed by atoms with E-state index in [0.29, 0.717) is 5.69 Å². The van der Waals surface area contributed by atoms with Crippen molar-refractivity contribution in [1.82, 2.24) is 5.32 Å². The van der Waals surface area contributed by atoms with Gasteiger partial charge in [-0.2, -0.15) is 0 Å². The van der Waals surface area contributed by atoms with E-state index in [2.05, 4.69) is 5.32 Å². The summed E-state index contributed by atoms with van der Waals surface area (Å²) >= 11 is 0. The van der Waals surface area contributed by atoms with Gasteiger partial charge in [-0.1, -0.05) is 42.0 Å². The van der Waals surface area contributed by atoms with Crippen LogP contribution in [0.4, 0.5) is 5.69 Å². The fourth-order valence-corrected chi connectivity index (χ4v) is 5.01. The van der Waals surface area contributed by atoms with Crippen molar-refractivity contribution in [2.24, 2.45) is 0 Å². The third kappa shape index (κ3) is 5.54. The number of nitrogens with zero attached hydrogens (tertiary/aromatic N) is 1. The normalized spacial score (nSPS) is 12.2. The highest BCUT2D eigenvalue weighted by molar-refractivity contribution is 7.92. The van der Waals surface area contributed by atoms with Crippen molar-refractivity contribution in [3.63, 3.8) is 0 Å². The molecule has 1 N–H and O–H groups in total. The van der Waals surface area contributed by atoms with Crippen LogP contribution < -0.4 is 14.4 Å². The molecule has 0 aliphatic rings. The molecule has 0 spiro atoms. The average Bonchev–Trinajstić information content (AvgIpc) is 2.79. The number of carbonyl (C=O) groups excluding carboxylic acids is 1. The highest BCUT2D eigenvalue weighted by atomic mass is 32.2. The Morgan fingerprint density at radius 3 is 2.21 bits per heavy atom. The topological polar surface area (TPSA) is 75.7 Å². The number of sulfonamides is 1. The number of aryl methyl sites for hydroxylation is 2. The van der Waals surface area contributed by atoms with Crippen LogP contribution in [0.5, 0.6) is 5.75 Å². The van der Waals surface area contributed by atoms with Gasteiger partial charge in [0, 0.05) is 0 Å². The molecule has 174 valence electrons. The molecule has 3 aromatic rings. The number of ether oxygens (including phenoxy) is 1. The Morgan fingerprint density at radius 2 is 1.61 bits per heavy atom. The van der Waals surface area contributed by atoms with E-state index in [0.717, 1.165) is 28.0 Å². The van der Waals surface area contributed by atoms with Crippen molar-refractivity contribution in [2.45, 2.75) is 38.6 Å². The van der Waals surface area contributed by atoms with Gasteiger partial charge in [0.1, 0.15) is 12.3 Å². The van der Waals surface area contributed by atoms with Crippen molar-refractivity contribution in [2.75, 3.05) is 18.0 Å². The maximum absolute atomic E-state index is 13.6. The molecule has 0 saturated heterocycles. The smallest absolute Gasteiger partial charge is 0.264 e.